The minimum atomic E-state index is -0.0937. The van der Waals surface area contributed by atoms with Crippen LogP contribution in [0.5, 0.6) is 11.5 Å². The van der Waals surface area contributed by atoms with Crippen molar-refractivity contribution in [3.63, 3.8) is 0 Å². The molecule has 2 heterocycles. The molecule has 18 heavy (non-hydrogen) atoms. The van der Waals surface area contributed by atoms with Crippen LogP contribution in [0.15, 0.2) is 29.8 Å². The van der Waals surface area contributed by atoms with Gasteiger partial charge < -0.3 is 14.8 Å². The Kier molecular flexibility index (Phi) is 2.85. The van der Waals surface area contributed by atoms with Crippen LogP contribution in [0, 0.1) is 0 Å². The van der Waals surface area contributed by atoms with E-state index in [0.717, 1.165) is 11.3 Å². The summed E-state index contributed by atoms with van der Waals surface area (Å²) in [6.07, 6.45) is 1.94. The SMILES string of the molecule is O=C(Cc1ccc2c(c1)OCO2)Nc1nccs1. The van der Waals surface area contributed by atoms with E-state index in [1.54, 1.807) is 6.20 Å². The lowest BCUT2D eigenvalue weighted by Crippen LogP contribution is -2.14. The van der Waals surface area contributed by atoms with Gasteiger partial charge in [-0.3, -0.25) is 4.79 Å². The number of carbonyl (C=O) groups is 1. The topological polar surface area (TPSA) is 60.5 Å². The number of anilines is 1. The monoisotopic (exact) mass is 262 g/mol. The number of aromatic nitrogens is 1. The predicted molar refractivity (Wildman–Crippen MR) is 67.0 cm³/mol. The predicted octanol–water partition coefficient (Wildman–Crippen LogP) is 2.05. The van der Waals surface area contributed by atoms with E-state index in [1.165, 1.54) is 11.3 Å². The normalized spacial score (nSPS) is 12.4. The molecule has 0 saturated carbocycles. The zero-order valence-corrected chi connectivity index (χ0v) is 10.2. The fourth-order valence-electron chi connectivity index (χ4n) is 1.68. The van der Waals surface area contributed by atoms with Crippen LogP contribution in [-0.4, -0.2) is 17.7 Å². The van der Waals surface area contributed by atoms with E-state index in [9.17, 15) is 4.79 Å². The summed E-state index contributed by atoms with van der Waals surface area (Å²) < 4.78 is 10.5. The minimum absolute atomic E-state index is 0.0937. The molecule has 0 fully saturated rings. The lowest BCUT2D eigenvalue weighted by Gasteiger charge is -2.03. The van der Waals surface area contributed by atoms with Gasteiger partial charge in [0.05, 0.1) is 6.42 Å². The maximum atomic E-state index is 11.8. The first-order chi connectivity index (χ1) is 8.81. The van der Waals surface area contributed by atoms with E-state index in [4.69, 9.17) is 9.47 Å². The molecule has 1 aliphatic rings. The van der Waals surface area contributed by atoms with Crippen LogP contribution in [0.1, 0.15) is 5.56 Å². The standard InChI is InChI=1S/C12H10N2O3S/c15-11(14-12-13-3-4-18-12)6-8-1-2-9-10(5-8)17-7-16-9/h1-5H,6-7H2,(H,13,14,15). The average Bonchev–Trinajstić information content (AvgIpc) is 2.98. The fourth-order valence-corrected chi connectivity index (χ4v) is 2.23. The first-order valence-corrected chi connectivity index (χ1v) is 6.27. The highest BCUT2D eigenvalue weighted by Crippen LogP contribution is 2.32. The van der Waals surface area contributed by atoms with Gasteiger partial charge in [-0.2, -0.15) is 0 Å². The van der Waals surface area contributed by atoms with Crippen molar-refractivity contribution in [3.05, 3.63) is 35.3 Å². The van der Waals surface area contributed by atoms with Crippen LogP contribution in [0.25, 0.3) is 0 Å². The van der Waals surface area contributed by atoms with Crippen molar-refractivity contribution in [1.82, 2.24) is 4.98 Å². The van der Waals surface area contributed by atoms with Gasteiger partial charge in [-0.25, -0.2) is 4.98 Å². The number of nitrogens with zero attached hydrogens (tertiary/aromatic N) is 1. The molecule has 5 nitrogen and oxygen atoms in total. The molecule has 0 spiro atoms. The summed E-state index contributed by atoms with van der Waals surface area (Å²) in [7, 11) is 0. The van der Waals surface area contributed by atoms with Crippen molar-refractivity contribution < 1.29 is 14.3 Å². The van der Waals surface area contributed by atoms with Crippen molar-refractivity contribution in [1.29, 1.82) is 0 Å². The van der Waals surface area contributed by atoms with Gasteiger partial charge in [0.1, 0.15) is 0 Å². The Morgan fingerprint density at radius 3 is 3.11 bits per heavy atom. The van der Waals surface area contributed by atoms with Gasteiger partial charge in [-0.1, -0.05) is 6.07 Å². The molecular formula is C12H10N2O3S. The number of ether oxygens (including phenoxy) is 2. The minimum Gasteiger partial charge on any atom is -0.454 e. The molecule has 92 valence electrons. The number of hydrogen-bond acceptors (Lipinski definition) is 5. The number of hydrogen-bond donors (Lipinski definition) is 1. The van der Waals surface area contributed by atoms with Gasteiger partial charge in [0.15, 0.2) is 16.6 Å². The Labute approximate surface area is 107 Å². The molecule has 0 atom stereocenters. The molecule has 6 heteroatoms. The van der Waals surface area contributed by atoms with Crippen LogP contribution in [0.2, 0.25) is 0 Å². The molecule has 0 unspecified atom stereocenters. The Balaban J connectivity index is 1.67. The van der Waals surface area contributed by atoms with Crippen LogP contribution in [0.3, 0.4) is 0 Å². The number of fused-ring (bicyclic) bond motifs is 1. The number of thiazole rings is 1. The van der Waals surface area contributed by atoms with Gasteiger partial charge in [0.2, 0.25) is 12.7 Å². The summed E-state index contributed by atoms with van der Waals surface area (Å²) in [5.41, 5.74) is 0.883. The van der Waals surface area contributed by atoms with Crippen LogP contribution in [0.4, 0.5) is 5.13 Å². The van der Waals surface area contributed by atoms with Gasteiger partial charge >= 0.3 is 0 Å². The molecule has 1 N–H and O–H groups in total. The lowest BCUT2D eigenvalue weighted by molar-refractivity contribution is -0.115. The first kappa shape index (κ1) is 11.0. The zero-order chi connectivity index (χ0) is 12.4. The quantitative estimate of drug-likeness (QED) is 0.919. The summed E-state index contributed by atoms with van der Waals surface area (Å²) in [6, 6.07) is 5.49. The molecule has 0 saturated heterocycles. The van der Waals surface area contributed by atoms with Gasteiger partial charge in [-0.05, 0) is 17.7 Å². The van der Waals surface area contributed by atoms with Gasteiger partial charge in [0, 0.05) is 11.6 Å². The smallest absolute Gasteiger partial charge is 0.231 e. The van der Waals surface area contributed by atoms with E-state index in [-0.39, 0.29) is 19.1 Å². The number of benzene rings is 1. The molecule has 0 bridgehead atoms. The highest BCUT2D eigenvalue weighted by Gasteiger charge is 2.14. The summed E-state index contributed by atoms with van der Waals surface area (Å²) in [5.74, 6) is 1.32. The summed E-state index contributed by atoms with van der Waals surface area (Å²) in [4.78, 5) is 15.8. The molecule has 2 aromatic rings. The van der Waals surface area contributed by atoms with E-state index >= 15 is 0 Å². The van der Waals surface area contributed by atoms with E-state index in [1.807, 2.05) is 23.6 Å². The highest BCUT2D eigenvalue weighted by molar-refractivity contribution is 7.13. The maximum absolute atomic E-state index is 11.8. The highest BCUT2D eigenvalue weighted by atomic mass is 32.1. The van der Waals surface area contributed by atoms with Crippen molar-refractivity contribution in [2.45, 2.75) is 6.42 Å². The summed E-state index contributed by atoms with van der Waals surface area (Å²) in [5, 5.41) is 5.16. The Bertz CT molecular complexity index is 569. The average molecular weight is 262 g/mol. The van der Waals surface area contributed by atoms with Gasteiger partial charge in [-0.15, -0.1) is 11.3 Å². The third kappa shape index (κ3) is 2.28. The van der Waals surface area contributed by atoms with Crippen molar-refractivity contribution in [2.75, 3.05) is 12.1 Å². The van der Waals surface area contributed by atoms with E-state index < -0.39 is 0 Å². The Hall–Kier alpha value is -2.08. The van der Waals surface area contributed by atoms with Crippen LogP contribution >= 0.6 is 11.3 Å². The largest absolute Gasteiger partial charge is 0.454 e. The molecular weight excluding hydrogens is 252 g/mol. The fraction of sp³-hybridized carbons (Fsp3) is 0.167. The lowest BCUT2D eigenvalue weighted by atomic mass is 10.1. The van der Waals surface area contributed by atoms with Crippen molar-refractivity contribution >= 4 is 22.4 Å². The second-order valence-corrected chi connectivity index (χ2v) is 4.64. The third-order valence-corrected chi connectivity index (χ3v) is 3.17. The second-order valence-electron chi connectivity index (χ2n) is 3.75. The van der Waals surface area contributed by atoms with Crippen molar-refractivity contribution in [3.8, 4) is 11.5 Å². The molecule has 0 radical (unpaired) electrons. The van der Waals surface area contributed by atoms with Crippen molar-refractivity contribution in [2.24, 2.45) is 0 Å². The van der Waals surface area contributed by atoms with Crippen LogP contribution < -0.4 is 14.8 Å². The number of rotatable bonds is 3. The third-order valence-electron chi connectivity index (χ3n) is 2.48. The molecule has 1 amide bonds. The molecule has 1 aliphatic heterocycles. The zero-order valence-electron chi connectivity index (χ0n) is 9.38. The summed E-state index contributed by atoms with van der Waals surface area (Å²) in [6.45, 7) is 0.240. The second kappa shape index (κ2) is 4.66. The Morgan fingerprint density at radius 2 is 2.28 bits per heavy atom. The Morgan fingerprint density at radius 1 is 1.39 bits per heavy atom. The number of nitrogens with one attached hydrogen (secondary N) is 1. The molecule has 3 rings (SSSR count). The first-order valence-electron chi connectivity index (χ1n) is 5.39. The van der Waals surface area contributed by atoms with Crippen LogP contribution in [-0.2, 0) is 11.2 Å². The molecule has 0 aliphatic carbocycles. The molecule has 1 aromatic carbocycles. The summed E-state index contributed by atoms with van der Waals surface area (Å²) >= 11 is 1.39. The molecule has 1 aromatic heterocycles. The number of amides is 1. The van der Waals surface area contributed by atoms with Gasteiger partial charge in [0.25, 0.3) is 0 Å². The van der Waals surface area contributed by atoms with E-state index in [0.29, 0.717) is 10.9 Å². The van der Waals surface area contributed by atoms with E-state index in [2.05, 4.69) is 10.3 Å². The number of carbonyl (C=O) groups excluding carboxylic acids is 1. The maximum Gasteiger partial charge on any atom is 0.231 e.